The van der Waals surface area contributed by atoms with Crippen molar-refractivity contribution in [1.82, 2.24) is 19.8 Å². The van der Waals surface area contributed by atoms with Crippen LogP contribution in [0.4, 0.5) is 0 Å². The van der Waals surface area contributed by atoms with E-state index in [4.69, 9.17) is 0 Å². The van der Waals surface area contributed by atoms with Crippen molar-refractivity contribution in [1.29, 1.82) is 0 Å². The first kappa shape index (κ1) is 13.6. The van der Waals surface area contributed by atoms with Gasteiger partial charge < -0.3 is 14.8 Å². The summed E-state index contributed by atoms with van der Waals surface area (Å²) in [4.78, 5) is 29.0. The third-order valence-corrected chi connectivity index (χ3v) is 3.41. The van der Waals surface area contributed by atoms with E-state index in [9.17, 15) is 9.59 Å². The Morgan fingerprint density at radius 2 is 2.32 bits per heavy atom. The summed E-state index contributed by atoms with van der Waals surface area (Å²) in [6, 6.07) is -0.272. The fourth-order valence-corrected chi connectivity index (χ4v) is 2.43. The number of carbonyl (C=O) groups excluding carboxylic acids is 2. The molecule has 2 heterocycles. The maximum absolute atomic E-state index is 12.0. The molecule has 1 aliphatic heterocycles. The third-order valence-electron chi connectivity index (χ3n) is 3.41. The largest absolute Gasteiger partial charge is 0.354 e. The lowest BCUT2D eigenvalue weighted by Gasteiger charge is -2.22. The Hall–Kier alpha value is -1.85. The van der Waals surface area contributed by atoms with Gasteiger partial charge in [0.15, 0.2) is 0 Å². The lowest BCUT2D eigenvalue weighted by atomic mass is 10.2. The van der Waals surface area contributed by atoms with E-state index in [0.29, 0.717) is 13.1 Å². The molecule has 0 unspecified atom stereocenters. The monoisotopic (exact) mass is 264 g/mol. The van der Waals surface area contributed by atoms with Crippen molar-refractivity contribution >= 4 is 11.8 Å². The maximum Gasteiger partial charge on any atom is 0.242 e. The van der Waals surface area contributed by atoms with Gasteiger partial charge in [-0.3, -0.25) is 9.59 Å². The highest BCUT2D eigenvalue weighted by Crippen LogP contribution is 2.17. The lowest BCUT2D eigenvalue weighted by Crippen LogP contribution is -2.45. The Morgan fingerprint density at radius 3 is 3.00 bits per heavy atom. The van der Waals surface area contributed by atoms with Gasteiger partial charge in [0.2, 0.25) is 11.8 Å². The molecule has 1 atom stereocenters. The van der Waals surface area contributed by atoms with Crippen molar-refractivity contribution < 1.29 is 9.59 Å². The third kappa shape index (κ3) is 3.56. The van der Waals surface area contributed by atoms with E-state index in [2.05, 4.69) is 10.3 Å². The van der Waals surface area contributed by atoms with E-state index in [0.717, 1.165) is 25.8 Å². The van der Waals surface area contributed by atoms with Crippen LogP contribution in [-0.2, 0) is 16.1 Å². The zero-order chi connectivity index (χ0) is 13.7. The maximum atomic E-state index is 12.0. The van der Waals surface area contributed by atoms with Crippen molar-refractivity contribution in [3.05, 3.63) is 18.7 Å². The van der Waals surface area contributed by atoms with Crippen molar-refractivity contribution in [2.45, 2.75) is 38.8 Å². The van der Waals surface area contributed by atoms with Crippen LogP contribution in [0.5, 0.6) is 0 Å². The highest BCUT2D eigenvalue weighted by atomic mass is 16.2. The van der Waals surface area contributed by atoms with Gasteiger partial charge in [-0.1, -0.05) is 0 Å². The second-order valence-electron chi connectivity index (χ2n) is 4.82. The van der Waals surface area contributed by atoms with E-state index in [1.54, 1.807) is 17.4 Å². The molecule has 6 nitrogen and oxygen atoms in total. The van der Waals surface area contributed by atoms with Crippen LogP contribution in [0.1, 0.15) is 26.2 Å². The van der Waals surface area contributed by atoms with Gasteiger partial charge in [0, 0.05) is 39.0 Å². The molecule has 2 rings (SSSR count). The fraction of sp³-hybridized carbons (Fsp3) is 0.615. The van der Waals surface area contributed by atoms with Crippen molar-refractivity contribution in [2.75, 3.05) is 13.1 Å². The zero-order valence-electron chi connectivity index (χ0n) is 11.2. The molecule has 19 heavy (non-hydrogen) atoms. The summed E-state index contributed by atoms with van der Waals surface area (Å²) in [6.07, 6.45) is 7.93. The number of aromatic nitrogens is 2. The van der Waals surface area contributed by atoms with E-state index in [-0.39, 0.29) is 17.9 Å². The number of aryl methyl sites for hydroxylation is 1. The molecule has 2 amide bonds. The Kier molecular flexibility index (Phi) is 4.54. The molecular formula is C13H20N4O2. The number of imidazole rings is 1. The molecule has 0 aromatic carbocycles. The van der Waals surface area contributed by atoms with Crippen molar-refractivity contribution in [2.24, 2.45) is 0 Å². The minimum atomic E-state index is -0.272. The molecule has 0 bridgehead atoms. The second-order valence-corrected chi connectivity index (χ2v) is 4.82. The van der Waals surface area contributed by atoms with Crippen LogP contribution < -0.4 is 5.32 Å². The molecule has 0 saturated carbocycles. The zero-order valence-corrected chi connectivity index (χ0v) is 11.2. The quantitative estimate of drug-likeness (QED) is 0.783. The van der Waals surface area contributed by atoms with E-state index >= 15 is 0 Å². The summed E-state index contributed by atoms with van der Waals surface area (Å²) in [5.74, 6) is -0.0469. The summed E-state index contributed by atoms with van der Waals surface area (Å²) in [7, 11) is 0. The number of nitrogens with one attached hydrogen (secondary N) is 1. The van der Waals surface area contributed by atoms with Crippen LogP contribution in [0.2, 0.25) is 0 Å². The van der Waals surface area contributed by atoms with E-state index in [1.165, 1.54) is 6.92 Å². The Labute approximate surface area is 112 Å². The van der Waals surface area contributed by atoms with Gasteiger partial charge in [0.1, 0.15) is 6.04 Å². The minimum absolute atomic E-state index is 0.0175. The standard InChI is InChI=1S/C13H20N4O2/c1-11(18)17-8-2-4-12(17)13(19)15-5-3-7-16-9-6-14-10-16/h6,9-10,12H,2-5,7-8H2,1H3,(H,15,19)/t12-/m0/s1. The summed E-state index contributed by atoms with van der Waals surface area (Å²) in [5.41, 5.74) is 0. The highest BCUT2D eigenvalue weighted by Gasteiger charge is 2.31. The van der Waals surface area contributed by atoms with Crippen LogP contribution in [0, 0.1) is 0 Å². The van der Waals surface area contributed by atoms with Crippen LogP contribution in [0.25, 0.3) is 0 Å². The van der Waals surface area contributed by atoms with Gasteiger partial charge in [-0.05, 0) is 19.3 Å². The van der Waals surface area contributed by atoms with Crippen LogP contribution in [0.3, 0.4) is 0 Å². The average molecular weight is 264 g/mol. The topological polar surface area (TPSA) is 67.2 Å². The number of hydrogen-bond donors (Lipinski definition) is 1. The number of amides is 2. The predicted molar refractivity (Wildman–Crippen MR) is 70.3 cm³/mol. The first-order valence-corrected chi connectivity index (χ1v) is 6.69. The fourth-order valence-electron chi connectivity index (χ4n) is 2.43. The molecule has 1 aromatic heterocycles. The lowest BCUT2D eigenvalue weighted by molar-refractivity contribution is -0.136. The molecule has 1 aliphatic rings. The number of rotatable bonds is 5. The van der Waals surface area contributed by atoms with Gasteiger partial charge in [-0.25, -0.2) is 4.98 Å². The van der Waals surface area contributed by atoms with Crippen LogP contribution in [-0.4, -0.2) is 45.4 Å². The van der Waals surface area contributed by atoms with Crippen LogP contribution >= 0.6 is 0 Å². The SMILES string of the molecule is CC(=O)N1CCC[C@H]1C(=O)NCCCn1ccnc1. The first-order valence-electron chi connectivity index (χ1n) is 6.69. The Bertz CT molecular complexity index is 430. The molecule has 6 heteroatoms. The molecule has 0 aliphatic carbocycles. The average Bonchev–Trinajstić information content (AvgIpc) is 3.04. The van der Waals surface area contributed by atoms with Gasteiger partial charge in [0.25, 0.3) is 0 Å². The molecule has 0 radical (unpaired) electrons. The number of nitrogens with zero attached hydrogens (tertiary/aromatic N) is 3. The first-order chi connectivity index (χ1) is 9.18. The van der Waals surface area contributed by atoms with Gasteiger partial charge >= 0.3 is 0 Å². The molecule has 1 saturated heterocycles. The summed E-state index contributed by atoms with van der Waals surface area (Å²) in [5, 5.41) is 2.91. The normalized spacial score (nSPS) is 18.6. The predicted octanol–water partition coefficient (Wildman–Crippen LogP) is 0.400. The van der Waals surface area contributed by atoms with Gasteiger partial charge in [0.05, 0.1) is 6.33 Å². The highest BCUT2D eigenvalue weighted by molar-refractivity contribution is 5.87. The molecule has 1 aromatic rings. The second kappa shape index (κ2) is 6.36. The smallest absolute Gasteiger partial charge is 0.242 e. The minimum Gasteiger partial charge on any atom is -0.354 e. The number of carbonyl (C=O) groups is 2. The molecular weight excluding hydrogens is 244 g/mol. The van der Waals surface area contributed by atoms with Gasteiger partial charge in [-0.2, -0.15) is 0 Å². The molecule has 0 spiro atoms. The number of likely N-dealkylation sites (tertiary alicyclic amines) is 1. The molecule has 1 fully saturated rings. The molecule has 104 valence electrons. The van der Waals surface area contributed by atoms with Crippen LogP contribution in [0.15, 0.2) is 18.7 Å². The van der Waals surface area contributed by atoms with Crippen molar-refractivity contribution in [3.8, 4) is 0 Å². The van der Waals surface area contributed by atoms with E-state index < -0.39 is 0 Å². The Morgan fingerprint density at radius 1 is 1.47 bits per heavy atom. The molecule has 1 N–H and O–H groups in total. The Balaban J connectivity index is 1.70. The summed E-state index contributed by atoms with van der Waals surface area (Å²) in [6.45, 7) is 3.67. The van der Waals surface area contributed by atoms with Crippen molar-refractivity contribution in [3.63, 3.8) is 0 Å². The van der Waals surface area contributed by atoms with Gasteiger partial charge in [-0.15, -0.1) is 0 Å². The van der Waals surface area contributed by atoms with E-state index in [1.807, 2.05) is 10.8 Å². The number of hydrogen-bond acceptors (Lipinski definition) is 3. The summed E-state index contributed by atoms with van der Waals surface area (Å²) < 4.78 is 1.98. The summed E-state index contributed by atoms with van der Waals surface area (Å²) >= 11 is 0.